The van der Waals surface area contributed by atoms with Crippen LogP contribution in [0, 0.1) is 46.3 Å². The first-order valence-corrected chi connectivity index (χ1v) is 27.5. The van der Waals surface area contributed by atoms with Crippen LogP contribution in [-0.4, -0.2) is 56.3 Å². The summed E-state index contributed by atoms with van der Waals surface area (Å²) < 4.78 is 26.4. The van der Waals surface area contributed by atoms with E-state index >= 15 is 0 Å². The van der Waals surface area contributed by atoms with Crippen molar-refractivity contribution in [1.82, 2.24) is 0 Å². The number of methoxy groups -OCH3 is 1. The summed E-state index contributed by atoms with van der Waals surface area (Å²) >= 11 is 0. The van der Waals surface area contributed by atoms with Crippen LogP contribution in [0.5, 0.6) is 0 Å². The van der Waals surface area contributed by atoms with Crippen molar-refractivity contribution in [2.24, 2.45) is 46.3 Å². The van der Waals surface area contributed by atoms with Gasteiger partial charge in [0.25, 0.3) is 0 Å². The lowest BCUT2D eigenvalue weighted by Gasteiger charge is -2.66. The maximum absolute atomic E-state index is 12.1. The molecule has 0 spiro atoms. The number of carbonyl (C=O) groups is 1. The Balaban J connectivity index is 1.72. The molecule has 0 heterocycles. The maximum Gasteiger partial charge on any atom is 0.305 e. The molecular formula is C34H66O5Si3. The average Bonchev–Trinajstić information content (AvgIpc) is 3.19. The SMILES string of the molecule is COC(=O)CC[C@@H](C)[C@H]1CC[C@H]2[C@@H]3[C@@H](O[Si](C)(C)C)C[C@H]4C[C@H](O[Si](C)(C)C)CC[C@]4(C)[C@H]3C[C@@H](O[Si](C)(C)C)[C@]12C. The molecule has 4 saturated carbocycles. The summed E-state index contributed by atoms with van der Waals surface area (Å²) in [7, 11) is -3.61. The molecule has 4 fully saturated rings. The van der Waals surface area contributed by atoms with E-state index in [2.05, 4.69) is 79.7 Å². The Bertz CT molecular complexity index is 954. The first kappa shape index (κ1) is 34.9. The van der Waals surface area contributed by atoms with Gasteiger partial charge in [-0.25, -0.2) is 0 Å². The monoisotopic (exact) mass is 638 g/mol. The Morgan fingerprint density at radius 2 is 1.43 bits per heavy atom. The smallest absolute Gasteiger partial charge is 0.305 e. The molecule has 8 heteroatoms. The van der Waals surface area contributed by atoms with Gasteiger partial charge in [0.15, 0.2) is 25.0 Å². The maximum atomic E-state index is 12.1. The molecule has 0 aromatic carbocycles. The highest BCUT2D eigenvalue weighted by Gasteiger charge is 2.67. The van der Waals surface area contributed by atoms with E-state index in [9.17, 15) is 4.79 Å². The van der Waals surface area contributed by atoms with Crippen molar-refractivity contribution in [3.63, 3.8) is 0 Å². The lowest BCUT2D eigenvalue weighted by atomic mass is 9.43. The van der Waals surface area contributed by atoms with Crippen LogP contribution in [0.4, 0.5) is 0 Å². The highest BCUT2D eigenvalue weighted by molar-refractivity contribution is 6.70. The third-order valence-corrected chi connectivity index (χ3v) is 15.0. The number of esters is 1. The van der Waals surface area contributed by atoms with E-state index in [0.29, 0.717) is 59.6 Å². The van der Waals surface area contributed by atoms with Gasteiger partial charge in [-0.3, -0.25) is 4.79 Å². The molecule has 0 N–H and O–H groups in total. The number of hydrogen-bond acceptors (Lipinski definition) is 5. The summed E-state index contributed by atoms with van der Waals surface area (Å²) in [4.78, 5) is 12.1. The molecule has 244 valence electrons. The van der Waals surface area contributed by atoms with Crippen molar-refractivity contribution in [2.75, 3.05) is 7.11 Å². The van der Waals surface area contributed by atoms with Crippen molar-refractivity contribution in [2.45, 2.75) is 156 Å². The quantitative estimate of drug-likeness (QED) is 0.176. The number of carbonyl (C=O) groups excluding carboxylic acids is 1. The van der Waals surface area contributed by atoms with E-state index in [1.807, 2.05) is 0 Å². The largest absolute Gasteiger partial charge is 0.469 e. The second kappa shape index (κ2) is 12.3. The van der Waals surface area contributed by atoms with Crippen molar-refractivity contribution in [3.8, 4) is 0 Å². The summed E-state index contributed by atoms with van der Waals surface area (Å²) in [6.45, 7) is 29.0. The molecule has 0 amide bonds. The lowest BCUT2D eigenvalue weighted by Crippen LogP contribution is -2.64. The zero-order chi connectivity index (χ0) is 31.5. The molecule has 0 radical (unpaired) electrons. The predicted octanol–water partition coefficient (Wildman–Crippen LogP) is 9.11. The topological polar surface area (TPSA) is 54.0 Å². The van der Waals surface area contributed by atoms with Crippen molar-refractivity contribution in [3.05, 3.63) is 0 Å². The molecule has 42 heavy (non-hydrogen) atoms. The molecule has 0 aromatic heterocycles. The Morgan fingerprint density at radius 1 is 0.810 bits per heavy atom. The molecule has 11 atom stereocenters. The fourth-order valence-corrected chi connectivity index (χ4v) is 14.1. The minimum absolute atomic E-state index is 0.0799. The number of rotatable bonds is 10. The fourth-order valence-electron chi connectivity index (χ4n) is 10.5. The lowest BCUT2D eigenvalue weighted by molar-refractivity contribution is -0.199. The molecule has 0 aromatic rings. The van der Waals surface area contributed by atoms with Gasteiger partial charge in [-0.05, 0) is 157 Å². The van der Waals surface area contributed by atoms with E-state index in [1.165, 1.54) is 52.1 Å². The summed E-state index contributed by atoms with van der Waals surface area (Å²) in [5, 5.41) is 0. The molecule has 0 saturated heterocycles. The molecule has 4 aliphatic rings. The molecular weight excluding hydrogens is 573 g/mol. The number of hydrogen-bond donors (Lipinski definition) is 0. The van der Waals surface area contributed by atoms with E-state index in [0.717, 1.165) is 6.42 Å². The molecule has 5 nitrogen and oxygen atoms in total. The van der Waals surface area contributed by atoms with Crippen LogP contribution < -0.4 is 0 Å². The highest BCUT2D eigenvalue weighted by Crippen LogP contribution is 2.69. The summed E-state index contributed by atoms with van der Waals surface area (Å²) in [5.74, 6) is 3.45. The first-order chi connectivity index (χ1) is 19.2. The van der Waals surface area contributed by atoms with E-state index in [-0.39, 0.29) is 17.5 Å². The van der Waals surface area contributed by atoms with Gasteiger partial charge in [-0.2, -0.15) is 0 Å². The Hall–Kier alpha value is 0.000649. The summed E-state index contributed by atoms with van der Waals surface area (Å²) in [6, 6.07) is 0. The normalized spacial score (nSPS) is 41.5. The van der Waals surface area contributed by atoms with Crippen molar-refractivity contribution < 1.29 is 22.8 Å². The van der Waals surface area contributed by atoms with Gasteiger partial charge in [0, 0.05) is 18.6 Å². The van der Waals surface area contributed by atoms with Crippen LogP contribution in [0.3, 0.4) is 0 Å². The van der Waals surface area contributed by atoms with Crippen LogP contribution in [0.25, 0.3) is 0 Å². The fraction of sp³-hybridized carbons (Fsp3) is 0.971. The third kappa shape index (κ3) is 7.35. The van der Waals surface area contributed by atoms with Crippen molar-refractivity contribution >= 4 is 30.9 Å². The molecule has 0 aliphatic heterocycles. The Morgan fingerprint density at radius 3 is 2.00 bits per heavy atom. The third-order valence-electron chi connectivity index (χ3n) is 12.0. The summed E-state index contributed by atoms with van der Waals surface area (Å²) in [6.07, 6.45) is 11.0. The van der Waals surface area contributed by atoms with Gasteiger partial charge in [0.05, 0.1) is 13.2 Å². The van der Waals surface area contributed by atoms with Crippen LogP contribution in [0.1, 0.15) is 78.6 Å². The van der Waals surface area contributed by atoms with E-state index in [1.54, 1.807) is 0 Å². The Labute approximate surface area is 262 Å². The molecule has 0 bridgehead atoms. The van der Waals surface area contributed by atoms with Gasteiger partial charge in [0.1, 0.15) is 0 Å². The van der Waals surface area contributed by atoms with Crippen LogP contribution in [0.2, 0.25) is 58.9 Å². The second-order valence-electron chi connectivity index (χ2n) is 18.2. The van der Waals surface area contributed by atoms with E-state index in [4.69, 9.17) is 18.0 Å². The minimum atomic E-state index is -1.79. The first-order valence-electron chi connectivity index (χ1n) is 17.3. The number of fused-ring (bicyclic) bond motifs is 5. The molecule has 4 rings (SSSR count). The van der Waals surface area contributed by atoms with Gasteiger partial charge in [0.2, 0.25) is 0 Å². The second-order valence-corrected chi connectivity index (χ2v) is 31.6. The summed E-state index contributed by atoms with van der Waals surface area (Å²) in [5.41, 5.74) is 0.430. The molecule has 0 unspecified atom stereocenters. The van der Waals surface area contributed by atoms with Gasteiger partial charge >= 0.3 is 5.97 Å². The number of ether oxygens (including phenoxy) is 1. The zero-order valence-electron chi connectivity index (χ0n) is 29.6. The van der Waals surface area contributed by atoms with Crippen LogP contribution in [-0.2, 0) is 22.8 Å². The predicted molar refractivity (Wildman–Crippen MR) is 181 cm³/mol. The average molecular weight is 639 g/mol. The minimum Gasteiger partial charge on any atom is -0.469 e. The van der Waals surface area contributed by atoms with Gasteiger partial charge in [-0.15, -0.1) is 0 Å². The van der Waals surface area contributed by atoms with Crippen molar-refractivity contribution in [1.29, 1.82) is 0 Å². The van der Waals surface area contributed by atoms with E-state index < -0.39 is 25.0 Å². The Kier molecular flexibility index (Phi) is 10.2. The van der Waals surface area contributed by atoms with Gasteiger partial charge in [-0.1, -0.05) is 20.8 Å². The van der Waals surface area contributed by atoms with Crippen LogP contribution in [0.15, 0.2) is 0 Å². The molecule has 4 aliphatic carbocycles. The highest BCUT2D eigenvalue weighted by atomic mass is 28.4. The zero-order valence-corrected chi connectivity index (χ0v) is 32.6. The van der Waals surface area contributed by atoms with Crippen LogP contribution >= 0.6 is 0 Å². The standard InChI is InChI=1S/C34H66O5Si3/c1-23(14-17-31(35)36-4)26-15-16-27-32-28(22-30(34(26,27)3)39-42(11,12)13)33(2)19-18-25(37-40(5,6)7)20-24(33)21-29(32)38-41(8,9)10/h23-30,32H,14-22H2,1-13H3/t23-,24-,25-,26-,27+,28+,29+,30-,32+,33+,34-/m1/s1. The van der Waals surface area contributed by atoms with Gasteiger partial charge < -0.3 is 18.0 Å².